The fraction of sp³-hybridized carbons (Fsp3) is 0.375. The zero-order valence-corrected chi connectivity index (χ0v) is 5.46. The quantitative estimate of drug-likeness (QED) is 0.478. The summed E-state index contributed by atoms with van der Waals surface area (Å²) in [5, 5.41) is 8.48. The first-order chi connectivity index (χ1) is 4.33. The van der Waals surface area contributed by atoms with Gasteiger partial charge in [0.15, 0.2) is 0 Å². The third kappa shape index (κ3) is 1.43. The van der Waals surface area contributed by atoms with E-state index in [1.807, 2.05) is 25.2 Å². The van der Waals surface area contributed by atoms with E-state index in [0.717, 1.165) is 6.42 Å². The minimum atomic E-state index is 0.120. The standard InChI is InChI=1S/C8H9N/c1-7-3-2-4-8(5-7)6-9/h2-3,5,8H,4H2,1H3. The van der Waals surface area contributed by atoms with Crippen molar-refractivity contribution in [2.75, 3.05) is 0 Å². The second kappa shape index (κ2) is 2.50. The van der Waals surface area contributed by atoms with Crippen LogP contribution in [0.15, 0.2) is 23.8 Å². The van der Waals surface area contributed by atoms with Gasteiger partial charge in [-0.3, -0.25) is 0 Å². The van der Waals surface area contributed by atoms with E-state index in [2.05, 4.69) is 6.07 Å². The Hall–Kier alpha value is -1.03. The third-order valence-corrected chi connectivity index (χ3v) is 1.40. The summed E-state index contributed by atoms with van der Waals surface area (Å²) in [4.78, 5) is 0. The van der Waals surface area contributed by atoms with Gasteiger partial charge in [0.2, 0.25) is 0 Å². The Morgan fingerprint density at radius 3 is 3.00 bits per heavy atom. The Bertz CT molecular complexity index is 193. The molecule has 1 aliphatic rings. The van der Waals surface area contributed by atoms with Crippen LogP contribution in [0.25, 0.3) is 0 Å². The fourth-order valence-electron chi connectivity index (χ4n) is 0.931. The average Bonchev–Trinajstić information content (AvgIpc) is 1.88. The summed E-state index contributed by atoms with van der Waals surface area (Å²) in [6, 6.07) is 2.21. The predicted molar refractivity (Wildman–Crippen MR) is 36.6 cm³/mol. The van der Waals surface area contributed by atoms with Crippen LogP contribution >= 0.6 is 0 Å². The Morgan fingerprint density at radius 2 is 2.56 bits per heavy atom. The minimum absolute atomic E-state index is 0.120. The van der Waals surface area contributed by atoms with E-state index < -0.39 is 0 Å². The van der Waals surface area contributed by atoms with Crippen LogP contribution in [0.3, 0.4) is 0 Å². The van der Waals surface area contributed by atoms with Crippen molar-refractivity contribution in [3.05, 3.63) is 23.8 Å². The maximum absolute atomic E-state index is 8.48. The summed E-state index contributed by atoms with van der Waals surface area (Å²) in [5.74, 6) is 0.120. The first kappa shape index (κ1) is 6.10. The van der Waals surface area contributed by atoms with Crippen LogP contribution in [0.1, 0.15) is 13.3 Å². The van der Waals surface area contributed by atoms with Gasteiger partial charge in [-0.1, -0.05) is 23.8 Å². The highest BCUT2D eigenvalue weighted by molar-refractivity contribution is 5.24. The molecule has 0 radical (unpaired) electrons. The van der Waals surface area contributed by atoms with Crippen molar-refractivity contribution in [2.24, 2.45) is 5.92 Å². The first-order valence-electron chi connectivity index (χ1n) is 3.07. The van der Waals surface area contributed by atoms with Crippen LogP contribution in [0.2, 0.25) is 0 Å². The SMILES string of the molecule is CC1=CC(C#N)CC=C1. The molecule has 0 bridgehead atoms. The third-order valence-electron chi connectivity index (χ3n) is 1.40. The molecule has 0 amide bonds. The van der Waals surface area contributed by atoms with Gasteiger partial charge in [0.05, 0.1) is 12.0 Å². The molecule has 1 nitrogen and oxygen atoms in total. The summed E-state index contributed by atoms with van der Waals surface area (Å²) in [7, 11) is 0. The van der Waals surface area contributed by atoms with Crippen molar-refractivity contribution in [3.63, 3.8) is 0 Å². The Morgan fingerprint density at radius 1 is 1.78 bits per heavy atom. The molecular formula is C8H9N. The molecule has 0 aliphatic heterocycles. The number of hydrogen-bond acceptors (Lipinski definition) is 1. The Balaban J connectivity index is 2.69. The summed E-state index contributed by atoms with van der Waals surface area (Å²) < 4.78 is 0. The molecular weight excluding hydrogens is 110 g/mol. The molecule has 1 atom stereocenters. The molecule has 0 aromatic rings. The van der Waals surface area contributed by atoms with E-state index >= 15 is 0 Å². The second-order valence-corrected chi connectivity index (χ2v) is 2.28. The fourth-order valence-corrected chi connectivity index (χ4v) is 0.931. The lowest BCUT2D eigenvalue weighted by Gasteiger charge is -2.04. The van der Waals surface area contributed by atoms with Gasteiger partial charge in [-0.05, 0) is 13.3 Å². The highest BCUT2D eigenvalue weighted by Crippen LogP contribution is 2.14. The topological polar surface area (TPSA) is 23.8 Å². The van der Waals surface area contributed by atoms with Gasteiger partial charge in [0.25, 0.3) is 0 Å². The van der Waals surface area contributed by atoms with Crippen LogP contribution in [-0.4, -0.2) is 0 Å². The zero-order valence-electron chi connectivity index (χ0n) is 5.46. The largest absolute Gasteiger partial charge is 0.198 e. The number of rotatable bonds is 0. The monoisotopic (exact) mass is 119 g/mol. The number of nitrogens with zero attached hydrogens (tertiary/aromatic N) is 1. The smallest absolute Gasteiger partial charge is 0.0700 e. The van der Waals surface area contributed by atoms with Gasteiger partial charge < -0.3 is 0 Å². The van der Waals surface area contributed by atoms with Crippen LogP contribution in [0, 0.1) is 17.2 Å². The van der Waals surface area contributed by atoms with Crippen molar-refractivity contribution in [1.29, 1.82) is 5.26 Å². The molecule has 1 heteroatoms. The molecule has 1 aliphatic carbocycles. The molecule has 0 spiro atoms. The highest BCUT2D eigenvalue weighted by Gasteiger charge is 2.03. The lowest BCUT2D eigenvalue weighted by atomic mass is 9.99. The van der Waals surface area contributed by atoms with Gasteiger partial charge in [-0.2, -0.15) is 5.26 Å². The summed E-state index contributed by atoms with van der Waals surface area (Å²) in [5.41, 5.74) is 1.20. The van der Waals surface area contributed by atoms with E-state index in [4.69, 9.17) is 5.26 Å². The maximum atomic E-state index is 8.48. The summed E-state index contributed by atoms with van der Waals surface area (Å²) in [6.07, 6.45) is 6.98. The van der Waals surface area contributed by atoms with Crippen LogP contribution in [-0.2, 0) is 0 Å². The number of nitriles is 1. The molecule has 0 saturated carbocycles. The van der Waals surface area contributed by atoms with Crippen molar-refractivity contribution in [3.8, 4) is 6.07 Å². The molecule has 0 aromatic carbocycles. The summed E-state index contributed by atoms with van der Waals surface area (Å²) >= 11 is 0. The van der Waals surface area contributed by atoms with Crippen molar-refractivity contribution >= 4 is 0 Å². The van der Waals surface area contributed by atoms with E-state index in [1.165, 1.54) is 5.57 Å². The normalized spacial score (nSPS) is 24.9. The van der Waals surface area contributed by atoms with Gasteiger partial charge in [-0.15, -0.1) is 0 Å². The molecule has 46 valence electrons. The number of allylic oxidation sites excluding steroid dienone is 4. The molecule has 0 saturated heterocycles. The van der Waals surface area contributed by atoms with E-state index in [9.17, 15) is 0 Å². The van der Waals surface area contributed by atoms with Crippen molar-refractivity contribution in [1.82, 2.24) is 0 Å². The lowest BCUT2D eigenvalue weighted by Crippen LogP contribution is -1.94. The van der Waals surface area contributed by atoms with Gasteiger partial charge in [-0.25, -0.2) is 0 Å². The molecule has 1 rings (SSSR count). The first-order valence-corrected chi connectivity index (χ1v) is 3.07. The van der Waals surface area contributed by atoms with Crippen molar-refractivity contribution < 1.29 is 0 Å². The summed E-state index contributed by atoms with van der Waals surface area (Å²) in [6.45, 7) is 2.01. The molecule has 9 heavy (non-hydrogen) atoms. The number of hydrogen-bond donors (Lipinski definition) is 0. The molecule has 0 aromatic heterocycles. The van der Waals surface area contributed by atoms with Gasteiger partial charge in [0.1, 0.15) is 0 Å². The second-order valence-electron chi connectivity index (χ2n) is 2.28. The molecule has 1 unspecified atom stereocenters. The van der Waals surface area contributed by atoms with Crippen LogP contribution in [0.4, 0.5) is 0 Å². The van der Waals surface area contributed by atoms with Gasteiger partial charge in [0, 0.05) is 0 Å². The highest BCUT2D eigenvalue weighted by atomic mass is 14.3. The minimum Gasteiger partial charge on any atom is -0.198 e. The van der Waals surface area contributed by atoms with Crippen LogP contribution in [0.5, 0.6) is 0 Å². The van der Waals surface area contributed by atoms with Gasteiger partial charge >= 0.3 is 0 Å². The van der Waals surface area contributed by atoms with E-state index in [-0.39, 0.29) is 5.92 Å². The van der Waals surface area contributed by atoms with E-state index in [1.54, 1.807) is 0 Å². The molecule has 0 heterocycles. The zero-order chi connectivity index (χ0) is 6.69. The van der Waals surface area contributed by atoms with Crippen molar-refractivity contribution in [2.45, 2.75) is 13.3 Å². The van der Waals surface area contributed by atoms with Crippen LogP contribution < -0.4 is 0 Å². The maximum Gasteiger partial charge on any atom is 0.0700 e. The molecule has 0 N–H and O–H groups in total. The molecule has 0 fully saturated rings. The average molecular weight is 119 g/mol. The Kier molecular flexibility index (Phi) is 1.69. The van der Waals surface area contributed by atoms with E-state index in [0.29, 0.717) is 0 Å². The Labute approximate surface area is 55.3 Å². The lowest BCUT2D eigenvalue weighted by molar-refractivity contribution is 0.827. The predicted octanol–water partition coefficient (Wildman–Crippen LogP) is 2.03.